The number of rotatable bonds is 7. The maximum Gasteiger partial charge on any atom is 0.417 e. The summed E-state index contributed by atoms with van der Waals surface area (Å²) in [4.78, 5) is 26.9. The number of nitrogens with zero attached hydrogens (tertiary/aromatic N) is 4. The van der Waals surface area contributed by atoms with E-state index in [0.717, 1.165) is 29.4 Å². The Labute approximate surface area is 146 Å². The van der Waals surface area contributed by atoms with Crippen molar-refractivity contribution in [1.82, 2.24) is 25.3 Å². The van der Waals surface area contributed by atoms with Crippen molar-refractivity contribution in [1.29, 1.82) is 0 Å². The average molecular weight is 371 g/mol. The van der Waals surface area contributed by atoms with Crippen LogP contribution in [0.15, 0.2) is 24.5 Å². The molecule has 8 nitrogen and oxygen atoms in total. The van der Waals surface area contributed by atoms with Gasteiger partial charge in [-0.05, 0) is 18.6 Å². The number of aromatic nitrogens is 4. The van der Waals surface area contributed by atoms with Crippen LogP contribution in [0.4, 0.5) is 13.2 Å². The minimum atomic E-state index is -4.51. The van der Waals surface area contributed by atoms with Gasteiger partial charge < -0.3 is 10.4 Å². The van der Waals surface area contributed by atoms with E-state index in [1.165, 1.54) is 0 Å². The van der Waals surface area contributed by atoms with Gasteiger partial charge in [0.1, 0.15) is 6.04 Å². The molecule has 1 atom stereocenters. The van der Waals surface area contributed by atoms with E-state index in [9.17, 15) is 22.8 Å². The van der Waals surface area contributed by atoms with Crippen LogP contribution in [0.5, 0.6) is 0 Å². The van der Waals surface area contributed by atoms with Gasteiger partial charge in [-0.2, -0.15) is 13.2 Å². The molecule has 0 unspecified atom stereocenters. The molecular weight excluding hydrogens is 355 g/mol. The zero-order valence-electron chi connectivity index (χ0n) is 13.7. The van der Waals surface area contributed by atoms with Gasteiger partial charge >= 0.3 is 12.1 Å². The van der Waals surface area contributed by atoms with Crippen LogP contribution in [0.2, 0.25) is 0 Å². The molecule has 26 heavy (non-hydrogen) atoms. The van der Waals surface area contributed by atoms with E-state index in [1.54, 1.807) is 0 Å². The quantitative estimate of drug-likeness (QED) is 0.771. The van der Waals surface area contributed by atoms with Crippen LogP contribution < -0.4 is 5.32 Å². The van der Waals surface area contributed by atoms with Crippen LogP contribution in [0.3, 0.4) is 0 Å². The Morgan fingerprint density at radius 2 is 2.08 bits per heavy atom. The second kappa shape index (κ2) is 7.93. The van der Waals surface area contributed by atoms with Crippen molar-refractivity contribution >= 4 is 11.9 Å². The van der Waals surface area contributed by atoms with Gasteiger partial charge in [-0.15, -0.1) is 5.10 Å². The second-order valence-corrected chi connectivity index (χ2v) is 5.46. The highest BCUT2D eigenvalue weighted by Crippen LogP contribution is 2.28. The maximum atomic E-state index is 12.5. The summed E-state index contributed by atoms with van der Waals surface area (Å²) in [5, 5.41) is 18.7. The Bertz CT molecular complexity index is 774. The van der Waals surface area contributed by atoms with Crippen LogP contribution >= 0.6 is 0 Å². The van der Waals surface area contributed by atoms with Crippen LogP contribution in [0, 0.1) is 0 Å². The van der Waals surface area contributed by atoms with Gasteiger partial charge in [0, 0.05) is 6.20 Å². The number of pyridine rings is 1. The lowest BCUT2D eigenvalue weighted by Gasteiger charge is -2.12. The van der Waals surface area contributed by atoms with Gasteiger partial charge in [0.2, 0.25) is 0 Å². The number of halogens is 3. The summed E-state index contributed by atoms with van der Waals surface area (Å²) in [6.45, 7) is 1.89. The SMILES string of the molecule is CCCC[C@H](NC(=O)c1cn(-c2ccc(C(F)(F)F)cn2)nn1)C(=O)O. The molecule has 2 rings (SSSR count). The number of nitrogens with one attached hydrogen (secondary N) is 1. The number of carbonyl (C=O) groups is 2. The first-order valence-electron chi connectivity index (χ1n) is 7.72. The molecule has 0 saturated carbocycles. The third-order valence-corrected chi connectivity index (χ3v) is 3.49. The third kappa shape index (κ3) is 4.77. The Morgan fingerprint density at radius 1 is 1.35 bits per heavy atom. The van der Waals surface area contributed by atoms with Gasteiger partial charge in [-0.3, -0.25) is 4.79 Å². The predicted molar refractivity (Wildman–Crippen MR) is 82.6 cm³/mol. The molecule has 11 heteroatoms. The summed E-state index contributed by atoms with van der Waals surface area (Å²) < 4.78 is 38.6. The number of hydrogen-bond donors (Lipinski definition) is 2. The van der Waals surface area contributed by atoms with Gasteiger partial charge in [0.15, 0.2) is 11.5 Å². The summed E-state index contributed by atoms with van der Waals surface area (Å²) in [6, 6.07) is 0.854. The number of hydrogen-bond acceptors (Lipinski definition) is 5. The van der Waals surface area contributed by atoms with Crippen molar-refractivity contribution < 1.29 is 27.9 Å². The minimum Gasteiger partial charge on any atom is -0.480 e. The number of carbonyl (C=O) groups excluding carboxylic acids is 1. The van der Waals surface area contributed by atoms with Crippen molar-refractivity contribution in [2.75, 3.05) is 0 Å². The normalized spacial score (nSPS) is 12.6. The van der Waals surface area contributed by atoms with Crippen LogP contribution in [0.1, 0.15) is 42.2 Å². The molecule has 0 aliphatic rings. The van der Waals surface area contributed by atoms with Crippen molar-refractivity contribution in [3.8, 4) is 5.82 Å². The van der Waals surface area contributed by atoms with Crippen LogP contribution in [-0.2, 0) is 11.0 Å². The molecule has 0 aliphatic carbocycles. The fraction of sp³-hybridized carbons (Fsp3) is 0.400. The highest BCUT2D eigenvalue weighted by Gasteiger charge is 2.30. The molecule has 2 aromatic rings. The molecule has 0 aromatic carbocycles. The van der Waals surface area contributed by atoms with Gasteiger partial charge in [-0.1, -0.05) is 25.0 Å². The van der Waals surface area contributed by atoms with E-state index in [-0.39, 0.29) is 17.9 Å². The lowest BCUT2D eigenvalue weighted by atomic mass is 10.1. The number of carboxylic acid groups (broad SMARTS) is 1. The fourth-order valence-corrected chi connectivity index (χ4v) is 2.07. The summed E-state index contributed by atoms with van der Waals surface area (Å²) in [5.74, 6) is -1.87. The number of aliphatic carboxylic acids is 1. The van der Waals surface area contributed by atoms with E-state index < -0.39 is 29.7 Å². The molecule has 0 aliphatic heterocycles. The van der Waals surface area contributed by atoms with Crippen molar-refractivity contribution in [2.24, 2.45) is 0 Å². The highest BCUT2D eigenvalue weighted by molar-refractivity contribution is 5.94. The van der Waals surface area contributed by atoms with Crippen molar-refractivity contribution in [2.45, 2.75) is 38.4 Å². The monoisotopic (exact) mass is 371 g/mol. The van der Waals surface area contributed by atoms with E-state index in [0.29, 0.717) is 12.6 Å². The van der Waals surface area contributed by atoms with Gasteiger partial charge in [0.05, 0.1) is 11.8 Å². The summed E-state index contributed by atoms with van der Waals surface area (Å²) >= 11 is 0. The second-order valence-electron chi connectivity index (χ2n) is 5.46. The summed E-state index contributed by atoms with van der Waals surface area (Å²) in [5.41, 5.74) is -1.09. The maximum absolute atomic E-state index is 12.5. The molecular formula is C15H16F3N5O3. The van der Waals surface area contributed by atoms with E-state index >= 15 is 0 Å². The Balaban J connectivity index is 2.11. The zero-order chi connectivity index (χ0) is 19.3. The first-order chi connectivity index (χ1) is 12.2. The van der Waals surface area contributed by atoms with E-state index in [4.69, 9.17) is 5.11 Å². The molecule has 2 N–H and O–H groups in total. The largest absolute Gasteiger partial charge is 0.480 e. The third-order valence-electron chi connectivity index (χ3n) is 3.49. The zero-order valence-corrected chi connectivity index (χ0v) is 13.7. The Hall–Kier alpha value is -2.98. The molecule has 0 bridgehead atoms. The van der Waals surface area contributed by atoms with Gasteiger partial charge in [0.25, 0.3) is 5.91 Å². The minimum absolute atomic E-state index is 0.0327. The molecule has 2 heterocycles. The first kappa shape index (κ1) is 19.3. The predicted octanol–water partition coefficient (Wildman–Crippen LogP) is 2.05. The topological polar surface area (TPSA) is 110 Å². The van der Waals surface area contributed by atoms with E-state index in [1.807, 2.05) is 6.92 Å². The number of amides is 1. The fourth-order valence-electron chi connectivity index (χ4n) is 2.07. The first-order valence-corrected chi connectivity index (χ1v) is 7.72. The average Bonchev–Trinajstić information content (AvgIpc) is 3.07. The van der Waals surface area contributed by atoms with E-state index in [2.05, 4.69) is 20.6 Å². The molecule has 0 spiro atoms. The van der Waals surface area contributed by atoms with Crippen LogP contribution in [0.25, 0.3) is 5.82 Å². The van der Waals surface area contributed by atoms with Crippen molar-refractivity contribution in [3.05, 3.63) is 35.8 Å². The number of unbranched alkanes of at least 4 members (excludes halogenated alkanes) is 1. The molecule has 0 radical (unpaired) electrons. The highest BCUT2D eigenvalue weighted by atomic mass is 19.4. The standard InChI is InChI=1S/C15H16F3N5O3/c1-2-3-4-10(14(25)26)20-13(24)11-8-23(22-21-11)12-6-5-9(7-19-12)15(16,17)18/h5-8,10H,2-4H2,1H3,(H,20,24)(H,25,26)/t10-/m0/s1. The summed E-state index contributed by atoms with van der Waals surface area (Å²) in [7, 11) is 0. The summed E-state index contributed by atoms with van der Waals surface area (Å²) in [6.07, 6.45) is -1.05. The molecule has 0 fully saturated rings. The van der Waals surface area contributed by atoms with Gasteiger partial charge in [-0.25, -0.2) is 14.5 Å². The lowest BCUT2D eigenvalue weighted by molar-refractivity contribution is -0.139. The smallest absolute Gasteiger partial charge is 0.417 e. The lowest BCUT2D eigenvalue weighted by Crippen LogP contribution is -2.40. The molecule has 140 valence electrons. The Morgan fingerprint density at radius 3 is 2.62 bits per heavy atom. The molecule has 2 aromatic heterocycles. The van der Waals surface area contributed by atoms with Crippen LogP contribution in [-0.4, -0.2) is 43.0 Å². The molecule has 1 amide bonds. The van der Waals surface area contributed by atoms with Crippen molar-refractivity contribution in [3.63, 3.8) is 0 Å². The molecule has 0 saturated heterocycles. The number of carboxylic acids is 1. The Kier molecular flexibility index (Phi) is 5.90. The number of alkyl halides is 3.